The van der Waals surface area contributed by atoms with E-state index < -0.39 is 0 Å². The Morgan fingerprint density at radius 1 is 1.23 bits per heavy atom. The summed E-state index contributed by atoms with van der Waals surface area (Å²) in [6.07, 6.45) is 0.890. The molecule has 1 heterocycles. The van der Waals surface area contributed by atoms with E-state index in [0.717, 1.165) is 18.5 Å². The van der Waals surface area contributed by atoms with Crippen molar-refractivity contribution in [3.05, 3.63) is 69.7 Å². The fourth-order valence-corrected chi connectivity index (χ4v) is 2.88. The maximum Gasteiger partial charge on any atom is 0.299 e. The summed E-state index contributed by atoms with van der Waals surface area (Å²) in [5, 5.41) is 0.627. The summed E-state index contributed by atoms with van der Waals surface area (Å²) in [4.78, 5) is 14.1. The quantitative estimate of drug-likeness (QED) is 0.681. The van der Waals surface area contributed by atoms with Gasteiger partial charge in [-0.25, -0.2) is 0 Å². The molecule has 0 saturated heterocycles. The van der Waals surface area contributed by atoms with E-state index >= 15 is 0 Å². The van der Waals surface area contributed by atoms with Crippen molar-refractivity contribution in [2.24, 2.45) is 0 Å². The summed E-state index contributed by atoms with van der Waals surface area (Å²) in [6, 6.07) is 13.5. The zero-order chi connectivity index (χ0) is 15.5. The fourth-order valence-electron chi connectivity index (χ4n) is 2.69. The molecule has 0 spiro atoms. The molecule has 0 unspecified atom stereocenters. The highest BCUT2D eigenvalue weighted by Gasteiger charge is 2.20. The molecule has 2 aromatic rings. The van der Waals surface area contributed by atoms with Crippen LogP contribution in [0.1, 0.15) is 22.3 Å². The number of fused-ring (bicyclic) bond motifs is 1. The summed E-state index contributed by atoms with van der Waals surface area (Å²) in [6.45, 7) is 3.45. The van der Waals surface area contributed by atoms with Gasteiger partial charge in [0.25, 0.3) is 5.91 Å². The minimum Gasteiger partial charge on any atom is -0.327 e. The Hall–Kier alpha value is -2.24. The van der Waals surface area contributed by atoms with Crippen LogP contribution in [0.4, 0.5) is 0 Å². The second kappa shape index (κ2) is 6.25. The van der Waals surface area contributed by atoms with Crippen LogP contribution in [0.2, 0.25) is 5.02 Å². The fraction of sp³-hybridized carbons (Fsp3) is 0.211. The lowest BCUT2D eigenvalue weighted by Gasteiger charge is -2.28. The van der Waals surface area contributed by atoms with Gasteiger partial charge < -0.3 is 4.90 Å². The first-order valence-electron chi connectivity index (χ1n) is 7.27. The lowest BCUT2D eigenvalue weighted by atomic mass is 9.95. The number of benzene rings is 2. The van der Waals surface area contributed by atoms with Crippen molar-refractivity contribution in [1.29, 1.82) is 0 Å². The Labute approximate surface area is 135 Å². The van der Waals surface area contributed by atoms with Gasteiger partial charge in [0, 0.05) is 29.6 Å². The van der Waals surface area contributed by atoms with Gasteiger partial charge in [-0.2, -0.15) is 0 Å². The second-order valence-corrected chi connectivity index (χ2v) is 5.89. The number of carbonyl (C=O) groups excluding carboxylic acids is 1. The average Bonchev–Trinajstić information content (AvgIpc) is 2.53. The average molecular weight is 310 g/mol. The molecule has 0 N–H and O–H groups in total. The Morgan fingerprint density at radius 3 is 2.86 bits per heavy atom. The highest BCUT2D eigenvalue weighted by molar-refractivity contribution is 6.30. The zero-order valence-corrected chi connectivity index (χ0v) is 13.2. The number of aryl methyl sites for hydroxylation is 1. The highest BCUT2D eigenvalue weighted by atomic mass is 35.5. The maximum absolute atomic E-state index is 12.3. The van der Waals surface area contributed by atoms with Crippen LogP contribution < -0.4 is 0 Å². The van der Waals surface area contributed by atoms with Crippen molar-refractivity contribution in [3.8, 4) is 11.8 Å². The van der Waals surface area contributed by atoms with E-state index in [9.17, 15) is 4.79 Å². The van der Waals surface area contributed by atoms with E-state index in [1.54, 1.807) is 12.1 Å². The second-order valence-electron chi connectivity index (χ2n) is 5.45. The molecule has 3 rings (SSSR count). The first-order chi connectivity index (χ1) is 10.6. The molecule has 0 atom stereocenters. The summed E-state index contributed by atoms with van der Waals surface area (Å²) < 4.78 is 0. The molecule has 0 fully saturated rings. The standard InChI is InChI=1S/C19H16ClNO/c1-14-4-2-6-16-10-11-21(13-18(14)16)19(22)9-8-15-5-3-7-17(20)12-15/h2-7,12H,10-11,13H2,1H3. The van der Waals surface area contributed by atoms with Gasteiger partial charge in [-0.05, 0) is 48.2 Å². The van der Waals surface area contributed by atoms with Crippen LogP contribution in [-0.2, 0) is 17.8 Å². The molecular formula is C19H16ClNO. The van der Waals surface area contributed by atoms with Gasteiger partial charge in [-0.3, -0.25) is 4.79 Å². The van der Waals surface area contributed by atoms with Crippen molar-refractivity contribution >= 4 is 17.5 Å². The number of nitrogens with zero attached hydrogens (tertiary/aromatic N) is 1. The SMILES string of the molecule is Cc1cccc2c1CN(C(=O)C#Cc1cccc(Cl)c1)CC2. The number of hydrogen-bond donors (Lipinski definition) is 0. The third kappa shape index (κ3) is 3.16. The molecule has 0 bridgehead atoms. The van der Waals surface area contributed by atoms with Gasteiger partial charge in [0.05, 0.1) is 0 Å². The van der Waals surface area contributed by atoms with Crippen LogP contribution >= 0.6 is 11.6 Å². The van der Waals surface area contributed by atoms with Gasteiger partial charge in [-0.15, -0.1) is 0 Å². The molecule has 1 aliphatic rings. The number of carbonyl (C=O) groups is 1. The number of hydrogen-bond acceptors (Lipinski definition) is 1. The number of rotatable bonds is 0. The monoisotopic (exact) mass is 309 g/mol. The van der Waals surface area contributed by atoms with Gasteiger partial charge in [0.2, 0.25) is 0 Å². The predicted molar refractivity (Wildman–Crippen MR) is 88.6 cm³/mol. The third-order valence-electron chi connectivity index (χ3n) is 3.93. The molecular weight excluding hydrogens is 294 g/mol. The molecule has 1 amide bonds. The van der Waals surface area contributed by atoms with Crippen LogP contribution in [0, 0.1) is 18.8 Å². The Kier molecular flexibility index (Phi) is 4.18. The molecule has 0 saturated carbocycles. The van der Waals surface area contributed by atoms with Crippen molar-refractivity contribution in [2.45, 2.75) is 19.9 Å². The normalized spacial score (nSPS) is 13.1. The van der Waals surface area contributed by atoms with Gasteiger partial charge in [0.1, 0.15) is 0 Å². The largest absolute Gasteiger partial charge is 0.327 e. The lowest BCUT2D eigenvalue weighted by Crippen LogP contribution is -2.35. The van der Waals surface area contributed by atoms with E-state index in [1.165, 1.54) is 16.7 Å². The molecule has 1 aliphatic heterocycles. The highest BCUT2D eigenvalue weighted by Crippen LogP contribution is 2.22. The van der Waals surface area contributed by atoms with Crippen LogP contribution in [-0.4, -0.2) is 17.4 Å². The van der Waals surface area contributed by atoms with Crippen LogP contribution in [0.3, 0.4) is 0 Å². The molecule has 2 aromatic carbocycles. The Bertz CT molecular complexity index is 786. The van der Waals surface area contributed by atoms with E-state index in [-0.39, 0.29) is 5.91 Å². The van der Waals surface area contributed by atoms with E-state index in [2.05, 4.69) is 37.0 Å². The van der Waals surface area contributed by atoms with Crippen molar-refractivity contribution in [2.75, 3.05) is 6.54 Å². The van der Waals surface area contributed by atoms with Crippen LogP contribution in [0.15, 0.2) is 42.5 Å². The molecule has 0 aliphatic carbocycles. The van der Waals surface area contributed by atoms with Crippen molar-refractivity contribution in [1.82, 2.24) is 4.90 Å². The minimum absolute atomic E-state index is 0.131. The van der Waals surface area contributed by atoms with E-state index in [4.69, 9.17) is 11.6 Å². The Morgan fingerprint density at radius 2 is 2.05 bits per heavy atom. The molecule has 110 valence electrons. The third-order valence-corrected chi connectivity index (χ3v) is 4.17. The first kappa shape index (κ1) is 14.7. The van der Waals surface area contributed by atoms with Gasteiger partial charge in [0.15, 0.2) is 0 Å². The number of halogens is 1. The lowest BCUT2D eigenvalue weighted by molar-refractivity contribution is -0.125. The molecule has 22 heavy (non-hydrogen) atoms. The number of amides is 1. The van der Waals surface area contributed by atoms with Gasteiger partial charge >= 0.3 is 0 Å². The van der Waals surface area contributed by atoms with E-state index in [1.807, 2.05) is 17.0 Å². The molecule has 2 nitrogen and oxygen atoms in total. The van der Waals surface area contributed by atoms with Crippen LogP contribution in [0.5, 0.6) is 0 Å². The topological polar surface area (TPSA) is 20.3 Å². The Balaban J connectivity index is 1.76. The smallest absolute Gasteiger partial charge is 0.299 e. The van der Waals surface area contributed by atoms with Crippen molar-refractivity contribution < 1.29 is 4.79 Å². The van der Waals surface area contributed by atoms with E-state index in [0.29, 0.717) is 11.6 Å². The summed E-state index contributed by atoms with van der Waals surface area (Å²) in [5.74, 6) is 5.49. The predicted octanol–water partition coefficient (Wildman–Crippen LogP) is 3.58. The minimum atomic E-state index is -0.131. The summed E-state index contributed by atoms with van der Waals surface area (Å²) >= 11 is 5.92. The summed E-state index contributed by atoms with van der Waals surface area (Å²) in [7, 11) is 0. The van der Waals surface area contributed by atoms with Crippen LogP contribution in [0.25, 0.3) is 0 Å². The van der Waals surface area contributed by atoms with Gasteiger partial charge in [-0.1, -0.05) is 41.8 Å². The molecule has 0 aromatic heterocycles. The molecule has 3 heteroatoms. The summed E-state index contributed by atoms with van der Waals surface area (Å²) in [5.41, 5.74) is 4.59. The maximum atomic E-state index is 12.3. The molecule has 0 radical (unpaired) electrons. The zero-order valence-electron chi connectivity index (χ0n) is 12.4. The first-order valence-corrected chi connectivity index (χ1v) is 7.65. The van der Waals surface area contributed by atoms with Crippen molar-refractivity contribution in [3.63, 3.8) is 0 Å².